The normalized spacial score (nSPS) is 10.1. The molecule has 1 aromatic heterocycles. The second-order valence-corrected chi connectivity index (χ2v) is 3.81. The van der Waals surface area contributed by atoms with Gasteiger partial charge in [-0.3, -0.25) is 0 Å². The van der Waals surface area contributed by atoms with Crippen LogP contribution in [0, 0.1) is 6.92 Å². The van der Waals surface area contributed by atoms with Crippen LogP contribution in [0.4, 0.5) is 11.5 Å². The lowest BCUT2D eigenvalue weighted by molar-refractivity contribution is 1.13. The van der Waals surface area contributed by atoms with Gasteiger partial charge in [0.15, 0.2) is 0 Å². The van der Waals surface area contributed by atoms with Crippen LogP contribution >= 0.6 is 0 Å². The summed E-state index contributed by atoms with van der Waals surface area (Å²) in [6.07, 6.45) is 1.74. The zero-order chi connectivity index (χ0) is 11.4. The van der Waals surface area contributed by atoms with Crippen LogP contribution in [-0.4, -0.2) is 4.98 Å². The molecule has 0 aliphatic heterocycles. The minimum absolute atomic E-state index is 0.543. The molecule has 0 saturated heterocycles. The number of hydrogen-bond acceptors (Lipinski definition) is 3. The number of rotatable bonds is 3. The quantitative estimate of drug-likeness (QED) is 0.824. The summed E-state index contributed by atoms with van der Waals surface area (Å²) >= 11 is 0. The number of nitrogens with one attached hydrogen (secondary N) is 1. The van der Waals surface area contributed by atoms with E-state index in [4.69, 9.17) is 5.73 Å². The smallest absolute Gasteiger partial charge is 0.123 e. The second-order valence-electron chi connectivity index (χ2n) is 3.81. The van der Waals surface area contributed by atoms with E-state index in [2.05, 4.69) is 41.5 Å². The van der Waals surface area contributed by atoms with Crippen LogP contribution in [-0.2, 0) is 6.54 Å². The van der Waals surface area contributed by atoms with Crippen molar-refractivity contribution in [3.05, 3.63) is 53.7 Å². The number of aryl methyl sites for hydroxylation is 1. The molecule has 0 bridgehead atoms. The van der Waals surface area contributed by atoms with E-state index in [1.807, 2.05) is 6.07 Å². The Hall–Kier alpha value is -2.03. The van der Waals surface area contributed by atoms with Crippen molar-refractivity contribution in [2.45, 2.75) is 13.5 Å². The summed E-state index contributed by atoms with van der Waals surface area (Å²) in [6, 6.07) is 12.1. The molecule has 0 aliphatic carbocycles. The molecule has 3 heteroatoms. The van der Waals surface area contributed by atoms with Crippen LogP contribution in [0.25, 0.3) is 0 Å². The molecule has 0 spiro atoms. The number of pyridine rings is 1. The molecule has 3 N–H and O–H groups in total. The van der Waals surface area contributed by atoms with E-state index in [9.17, 15) is 0 Å². The van der Waals surface area contributed by atoms with Crippen LogP contribution in [0.2, 0.25) is 0 Å². The minimum atomic E-state index is 0.543. The van der Waals surface area contributed by atoms with Crippen LogP contribution < -0.4 is 11.1 Å². The molecular weight excluding hydrogens is 198 g/mol. The van der Waals surface area contributed by atoms with Crippen molar-refractivity contribution >= 4 is 11.5 Å². The largest absolute Gasteiger partial charge is 0.384 e. The summed E-state index contributed by atoms with van der Waals surface area (Å²) < 4.78 is 0. The third-order valence-electron chi connectivity index (χ3n) is 2.37. The number of nitrogens with two attached hydrogens (primary N) is 1. The second kappa shape index (κ2) is 4.66. The van der Waals surface area contributed by atoms with Gasteiger partial charge in [0.25, 0.3) is 0 Å². The fraction of sp³-hybridized carbons (Fsp3) is 0.154. The third kappa shape index (κ3) is 2.73. The van der Waals surface area contributed by atoms with Crippen LogP contribution in [0.3, 0.4) is 0 Å². The highest BCUT2D eigenvalue weighted by atomic mass is 14.9. The van der Waals surface area contributed by atoms with Crippen molar-refractivity contribution < 1.29 is 0 Å². The lowest BCUT2D eigenvalue weighted by atomic mass is 10.1. The van der Waals surface area contributed by atoms with E-state index in [1.54, 1.807) is 12.3 Å². The molecule has 2 aromatic rings. The number of anilines is 2. The summed E-state index contributed by atoms with van der Waals surface area (Å²) in [5.41, 5.74) is 9.03. The van der Waals surface area contributed by atoms with Crippen molar-refractivity contribution in [2.24, 2.45) is 0 Å². The highest BCUT2D eigenvalue weighted by molar-refractivity contribution is 5.45. The molecule has 0 aliphatic rings. The molecule has 0 saturated carbocycles. The van der Waals surface area contributed by atoms with E-state index in [-0.39, 0.29) is 0 Å². The van der Waals surface area contributed by atoms with Gasteiger partial charge in [0.2, 0.25) is 0 Å². The van der Waals surface area contributed by atoms with Crippen molar-refractivity contribution in [1.82, 2.24) is 4.98 Å². The Morgan fingerprint density at radius 1 is 1.25 bits per heavy atom. The molecule has 0 amide bonds. The zero-order valence-corrected chi connectivity index (χ0v) is 9.27. The van der Waals surface area contributed by atoms with Gasteiger partial charge in [0, 0.05) is 6.54 Å². The van der Waals surface area contributed by atoms with Gasteiger partial charge in [-0.1, -0.05) is 29.8 Å². The van der Waals surface area contributed by atoms with E-state index >= 15 is 0 Å². The molecule has 0 unspecified atom stereocenters. The average Bonchev–Trinajstić information content (AvgIpc) is 2.28. The van der Waals surface area contributed by atoms with Crippen LogP contribution in [0.15, 0.2) is 42.6 Å². The van der Waals surface area contributed by atoms with E-state index < -0.39 is 0 Å². The molecule has 1 aromatic carbocycles. The Morgan fingerprint density at radius 3 is 2.81 bits per heavy atom. The SMILES string of the molecule is Cc1cccc(CNc2ccc(N)nc2)c1. The standard InChI is InChI=1S/C13H15N3/c1-10-3-2-4-11(7-10)8-15-12-5-6-13(14)16-9-12/h2-7,9,15H,8H2,1H3,(H2,14,16). The van der Waals surface area contributed by atoms with Crippen molar-refractivity contribution in [1.29, 1.82) is 0 Å². The monoisotopic (exact) mass is 213 g/mol. The molecule has 0 atom stereocenters. The molecule has 16 heavy (non-hydrogen) atoms. The third-order valence-corrected chi connectivity index (χ3v) is 2.37. The van der Waals surface area contributed by atoms with Gasteiger partial charge in [0.1, 0.15) is 5.82 Å². The topological polar surface area (TPSA) is 50.9 Å². The highest BCUT2D eigenvalue weighted by Gasteiger charge is 1.95. The Balaban J connectivity index is 1.99. The molecule has 0 radical (unpaired) electrons. The molecule has 1 heterocycles. The van der Waals surface area contributed by atoms with Gasteiger partial charge < -0.3 is 11.1 Å². The van der Waals surface area contributed by atoms with Gasteiger partial charge in [-0.05, 0) is 24.6 Å². The van der Waals surface area contributed by atoms with Crippen LogP contribution in [0.1, 0.15) is 11.1 Å². The molecular formula is C13H15N3. The first-order valence-corrected chi connectivity index (χ1v) is 5.25. The highest BCUT2D eigenvalue weighted by Crippen LogP contribution is 2.10. The number of nitrogens with zero attached hydrogens (tertiary/aromatic N) is 1. The van der Waals surface area contributed by atoms with Gasteiger partial charge in [0.05, 0.1) is 11.9 Å². The van der Waals surface area contributed by atoms with Gasteiger partial charge in [-0.25, -0.2) is 4.98 Å². The predicted molar refractivity (Wildman–Crippen MR) is 67.2 cm³/mol. The maximum atomic E-state index is 5.51. The number of nitrogen functional groups attached to an aromatic ring is 1. The minimum Gasteiger partial charge on any atom is -0.384 e. The van der Waals surface area contributed by atoms with E-state index in [0.29, 0.717) is 5.82 Å². The maximum absolute atomic E-state index is 5.51. The summed E-state index contributed by atoms with van der Waals surface area (Å²) in [5.74, 6) is 0.543. The molecule has 0 fully saturated rings. The van der Waals surface area contributed by atoms with Crippen LogP contribution in [0.5, 0.6) is 0 Å². The summed E-state index contributed by atoms with van der Waals surface area (Å²) in [6.45, 7) is 2.89. The van der Waals surface area contributed by atoms with Crippen molar-refractivity contribution in [2.75, 3.05) is 11.1 Å². The van der Waals surface area contributed by atoms with Gasteiger partial charge >= 0.3 is 0 Å². The zero-order valence-electron chi connectivity index (χ0n) is 9.27. The first-order chi connectivity index (χ1) is 7.74. The first kappa shape index (κ1) is 10.5. The predicted octanol–water partition coefficient (Wildman–Crippen LogP) is 2.58. The van der Waals surface area contributed by atoms with Crippen molar-refractivity contribution in [3.63, 3.8) is 0 Å². The fourth-order valence-electron chi connectivity index (χ4n) is 1.54. The summed E-state index contributed by atoms with van der Waals surface area (Å²) in [4.78, 5) is 4.02. The van der Waals surface area contributed by atoms with Crippen molar-refractivity contribution in [3.8, 4) is 0 Å². The lowest BCUT2D eigenvalue weighted by Crippen LogP contribution is -2.00. The molecule has 3 nitrogen and oxygen atoms in total. The average molecular weight is 213 g/mol. The van der Waals surface area contributed by atoms with Gasteiger partial charge in [-0.15, -0.1) is 0 Å². The number of aromatic nitrogens is 1. The lowest BCUT2D eigenvalue weighted by Gasteiger charge is -2.06. The van der Waals surface area contributed by atoms with E-state index in [0.717, 1.165) is 12.2 Å². The van der Waals surface area contributed by atoms with Gasteiger partial charge in [-0.2, -0.15) is 0 Å². The molecule has 2 rings (SSSR count). The Kier molecular flexibility index (Phi) is 3.05. The summed E-state index contributed by atoms with van der Waals surface area (Å²) in [5, 5.41) is 3.30. The Labute approximate surface area is 95.3 Å². The Bertz CT molecular complexity index is 463. The molecule has 82 valence electrons. The van der Waals surface area contributed by atoms with E-state index in [1.165, 1.54) is 11.1 Å². The Morgan fingerprint density at radius 2 is 2.12 bits per heavy atom. The fourth-order valence-corrected chi connectivity index (χ4v) is 1.54. The first-order valence-electron chi connectivity index (χ1n) is 5.25. The number of benzene rings is 1. The maximum Gasteiger partial charge on any atom is 0.123 e. The summed E-state index contributed by atoms with van der Waals surface area (Å²) in [7, 11) is 0. The number of hydrogen-bond donors (Lipinski definition) is 2.